The van der Waals surface area contributed by atoms with Crippen molar-refractivity contribution in [3.63, 3.8) is 0 Å². The van der Waals surface area contributed by atoms with Crippen LogP contribution >= 0.6 is 0 Å². The van der Waals surface area contributed by atoms with Crippen LogP contribution in [0.1, 0.15) is 18.4 Å². The molecule has 3 heteroatoms. The van der Waals surface area contributed by atoms with Crippen molar-refractivity contribution in [2.75, 3.05) is 0 Å². The van der Waals surface area contributed by atoms with Crippen LogP contribution in [-0.2, 0) is 6.42 Å². The van der Waals surface area contributed by atoms with Gasteiger partial charge in [0.05, 0.1) is 0 Å². The second kappa shape index (κ2) is 3.85. The molecule has 1 aromatic rings. The number of hydrogen-bond donors (Lipinski definition) is 2. The van der Waals surface area contributed by atoms with Crippen molar-refractivity contribution in [3.8, 4) is 0 Å². The molecule has 0 spiro atoms. The van der Waals surface area contributed by atoms with Crippen LogP contribution in [0.15, 0.2) is 24.5 Å². The van der Waals surface area contributed by atoms with E-state index in [1.165, 1.54) is 18.4 Å². The normalized spacial score (nSPS) is 18.5. The lowest BCUT2D eigenvalue weighted by molar-refractivity contribution is 0.472. The van der Waals surface area contributed by atoms with Gasteiger partial charge in [-0.1, -0.05) is 6.07 Å². The molecule has 3 N–H and O–H groups in total. The molecular weight excluding hydrogens is 162 g/mol. The molecule has 1 aromatic heterocycles. The monoisotopic (exact) mass is 177 g/mol. The van der Waals surface area contributed by atoms with Gasteiger partial charge in [0.1, 0.15) is 0 Å². The Morgan fingerprint density at radius 1 is 1.62 bits per heavy atom. The molecule has 1 saturated carbocycles. The Bertz CT molecular complexity index is 256. The average Bonchev–Trinajstić information content (AvgIpc) is 2.99. The van der Waals surface area contributed by atoms with Crippen LogP contribution in [0.5, 0.6) is 0 Å². The summed E-state index contributed by atoms with van der Waals surface area (Å²) in [6.07, 6.45) is 7.33. The zero-order chi connectivity index (χ0) is 9.10. The molecule has 1 unspecified atom stereocenters. The minimum atomic E-state index is 0.434. The lowest BCUT2D eigenvalue weighted by atomic mass is 10.0. The van der Waals surface area contributed by atoms with Gasteiger partial charge in [-0.05, 0) is 36.8 Å². The first-order chi connectivity index (χ1) is 6.40. The van der Waals surface area contributed by atoms with Gasteiger partial charge in [-0.3, -0.25) is 16.3 Å². The minimum absolute atomic E-state index is 0.434. The highest BCUT2D eigenvalue weighted by atomic mass is 15.2. The fourth-order valence-corrected chi connectivity index (χ4v) is 1.63. The molecule has 1 aliphatic rings. The Kier molecular flexibility index (Phi) is 2.57. The van der Waals surface area contributed by atoms with Gasteiger partial charge < -0.3 is 0 Å². The van der Waals surface area contributed by atoms with Gasteiger partial charge in [0.15, 0.2) is 0 Å². The summed E-state index contributed by atoms with van der Waals surface area (Å²) in [7, 11) is 0. The van der Waals surface area contributed by atoms with Gasteiger partial charge in [-0.25, -0.2) is 0 Å². The lowest BCUT2D eigenvalue weighted by Gasteiger charge is -2.14. The summed E-state index contributed by atoms with van der Waals surface area (Å²) in [5.41, 5.74) is 4.15. The highest BCUT2D eigenvalue weighted by Crippen LogP contribution is 2.33. The summed E-state index contributed by atoms with van der Waals surface area (Å²) in [5, 5.41) is 0. The van der Waals surface area contributed by atoms with Crippen LogP contribution in [0.2, 0.25) is 0 Å². The third-order valence-electron chi connectivity index (χ3n) is 2.58. The molecule has 0 radical (unpaired) electrons. The number of rotatable bonds is 4. The van der Waals surface area contributed by atoms with E-state index in [4.69, 9.17) is 5.84 Å². The molecule has 1 atom stereocenters. The molecule has 0 saturated heterocycles. The second-order valence-corrected chi connectivity index (χ2v) is 3.68. The highest BCUT2D eigenvalue weighted by Gasteiger charge is 2.30. The number of nitrogens with two attached hydrogens (primary N) is 1. The topological polar surface area (TPSA) is 50.9 Å². The van der Waals surface area contributed by atoms with Crippen LogP contribution in [0.25, 0.3) is 0 Å². The van der Waals surface area contributed by atoms with Crippen molar-refractivity contribution in [3.05, 3.63) is 30.1 Å². The number of nitrogens with one attached hydrogen (secondary N) is 1. The predicted octanol–water partition coefficient (Wildman–Crippen LogP) is 0.866. The number of nitrogens with zero attached hydrogens (tertiary/aromatic N) is 1. The molecule has 0 aliphatic heterocycles. The van der Waals surface area contributed by atoms with Gasteiger partial charge in [0.2, 0.25) is 0 Å². The molecule has 0 amide bonds. The zero-order valence-corrected chi connectivity index (χ0v) is 7.61. The zero-order valence-electron chi connectivity index (χ0n) is 7.61. The third kappa shape index (κ3) is 2.26. The molecule has 1 aliphatic carbocycles. The van der Waals surface area contributed by atoms with E-state index in [0.29, 0.717) is 6.04 Å². The van der Waals surface area contributed by atoms with Crippen LogP contribution in [0.3, 0.4) is 0 Å². The SMILES string of the molecule is NNC(Cc1cccnc1)C1CC1. The Morgan fingerprint density at radius 3 is 3.00 bits per heavy atom. The Labute approximate surface area is 78.3 Å². The number of pyridine rings is 1. The number of hydrogen-bond acceptors (Lipinski definition) is 3. The van der Waals surface area contributed by atoms with Crippen molar-refractivity contribution < 1.29 is 0 Å². The maximum Gasteiger partial charge on any atom is 0.0300 e. The van der Waals surface area contributed by atoms with E-state index >= 15 is 0 Å². The first-order valence-corrected chi connectivity index (χ1v) is 4.75. The maximum atomic E-state index is 5.49. The number of hydrazine groups is 1. The first kappa shape index (κ1) is 8.66. The molecule has 2 rings (SSSR count). The summed E-state index contributed by atoms with van der Waals surface area (Å²) in [6.45, 7) is 0. The van der Waals surface area contributed by atoms with Crippen LogP contribution in [0.4, 0.5) is 0 Å². The average molecular weight is 177 g/mol. The largest absolute Gasteiger partial charge is 0.271 e. The third-order valence-corrected chi connectivity index (χ3v) is 2.58. The van der Waals surface area contributed by atoms with E-state index in [1.54, 1.807) is 6.20 Å². The maximum absolute atomic E-state index is 5.49. The summed E-state index contributed by atoms with van der Waals surface area (Å²) < 4.78 is 0. The number of aromatic nitrogens is 1. The molecule has 1 fully saturated rings. The molecule has 0 aromatic carbocycles. The molecule has 0 bridgehead atoms. The van der Waals surface area contributed by atoms with Crippen molar-refractivity contribution in [1.82, 2.24) is 10.4 Å². The van der Waals surface area contributed by atoms with E-state index in [1.807, 2.05) is 12.3 Å². The van der Waals surface area contributed by atoms with E-state index in [0.717, 1.165) is 12.3 Å². The van der Waals surface area contributed by atoms with E-state index in [-0.39, 0.29) is 0 Å². The second-order valence-electron chi connectivity index (χ2n) is 3.68. The van der Waals surface area contributed by atoms with Crippen molar-refractivity contribution >= 4 is 0 Å². The van der Waals surface area contributed by atoms with Gasteiger partial charge in [-0.2, -0.15) is 0 Å². The minimum Gasteiger partial charge on any atom is -0.271 e. The van der Waals surface area contributed by atoms with Gasteiger partial charge in [-0.15, -0.1) is 0 Å². The van der Waals surface area contributed by atoms with Crippen molar-refractivity contribution in [2.45, 2.75) is 25.3 Å². The highest BCUT2D eigenvalue weighted by molar-refractivity contribution is 5.11. The first-order valence-electron chi connectivity index (χ1n) is 4.75. The van der Waals surface area contributed by atoms with E-state index in [2.05, 4.69) is 16.5 Å². The standard InChI is InChI=1S/C10H15N3/c11-13-10(9-3-4-9)6-8-2-1-5-12-7-8/h1-2,5,7,9-10,13H,3-4,6,11H2. The summed E-state index contributed by atoms with van der Waals surface area (Å²) in [4.78, 5) is 4.08. The van der Waals surface area contributed by atoms with Crippen LogP contribution in [0, 0.1) is 5.92 Å². The van der Waals surface area contributed by atoms with Gasteiger partial charge in [0.25, 0.3) is 0 Å². The lowest BCUT2D eigenvalue weighted by Crippen LogP contribution is -2.38. The van der Waals surface area contributed by atoms with Crippen molar-refractivity contribution in [1.29, 1.82) is 0 Å². The summed E-state index contributed by atoms with van der Waals surface area (Å²) in [6, 6.07) is 4.50. The van der Waals surface area contributed by atoms with Gasteiger partial charge in [0, 0.05) is 18.4 Å². The molecule has 1 heterocycles. The molecule has 3 nitrogen and oxygen atoms in total. The Balaban J connectivity index is 1.95. The van der Waals surface area contributed by atoms with Crippen molar-refractivity contribution in [2.24, 2.45) is 11.8 Å². The summed E-state index contributed by atoms with van der Waals surface area (Å²) in [5.74, 6) is 6.27. The smallest absolute Gasteiger partial charge is 0.0300 e. The fourth-order valence-electron chi connectivity index (χ4n) is 1.63. The fraction of sp³-hybridized carbons (Fsp3) is 0.500. The van der Waals surface area contributed by atoms with E-state index in [9.17, 15) is 0 Å². The molecule has 13 heavy (non-hydrogen) atoms. The van der Waals surface area contributed by atoms with Gasteiger partial charge >= 0.3 is 0 Å². The Morgan fingerprint density at radius 2 is 2.46 bits per heavy atom. The molecular formula is C10H15N3. The van der Waals surface area contributed by atoms with Crippen LogP contribution in [-0.4, -0.2) is 11.0 Å². The molecule has 70 valence electrons. The Hall–Kier alpha value is -0.930. The summed E-state index contributed by atoms with van der Waals surface area (Å²) >= 11 is 0. The predicted molar refractivity (Wildman–Crippen MR) is 51.8 cm³/mol. The van der Waals surface area contributed by atoms with Crippen LogP contribution < -0.4 is 11.3 Å². The quantitative estimate of drug-likeness (QED) is 0.530. The van der Waals surface area contributed by atoms with E-state index < -0.39 is 0 Å².